The van der Waals surface area contributed by atoms with E-state index in [4.69, 9.17) is 5.26 Å². The number of thiophene rings is 1. The molecular weight excluding hydrogens is 280 g/mol. The van der Waals surface area contributed by atoms with E-state index in [1.807, 2.05) is 31.2 Å². The van der Waals surface area contributed by atoms with E-state index in [9.17, 15) is 0 Å². The predicted octanol–water partition coefficient (Wildman–Crippen LogP) is 2.88. The van der Waals surface area contributed by atoms with Gasteiger partial charge in [0.25, 0.3) is 0 Å². The van der Waals surface area contributed by atoms with Crippen molar-refractivity contribution in [3.05, 3.63) is 57.8 Å². The van der Waals surface area contributed by atoms with E-state index in [2.05, 4.69) is 33.1 Å². The summed E-state index contributed by atoms with van der Waals surface area (Å²) in [6.45, 7) is 4.17. The van der Waals surface area contributed by atoms with Crippen molar-refractivity contribution in [3.63, 3.8) is 0 Å². The van der Waals surface area contributed by atoms with Crippen molar-refractivity contribution >= 4 is 17.3 Å². The van der Waals surface area contributed by atoms with Crippen molar-refractivity contribution < 1.29 is 0 Å². The number of hydrogen-bond acceptors (Lipinski definition) is 3. The molecule has 21 heavy (non-hydrogen) atoms. The van der Waals surface area contributed by atoms with Gasteiger partial charge in [0.15, 0.2) is 5.96 Å². The average Bonchev–Trinajstić information content (AvgIpc) is 3.03. The Morgan fingerprint density at radius 2 is 2.19 bits per heavy atom. The Hall–Kier alpha value is -2.32. The summed E-state index contributed by atoms with van der Waals surface area (Å²) in [6.07, 6.45) is 0. The Bertz CT molecular complexity index is 626. The van der Waals surface area contributed by atoms with Gasteiger partial charge in [0.2, 0.25) is 0 Å². The fraction of sp³-hybridized carbons (Fsp3) is 0.250. The Morgan fingerprint density at radius 1 is 1.29 bits per heavy atom. The lowest BCUT2D eigenvalue weighted by Gasteiger charge is -2.10. The molecule has 0 aliphatic heterocycles. The van der Waals surface area contributed by atoms with E-state index < -0.39 is 0 Å². The highest BCUT2D eigenvalue weighted by Crippen LogP contribution is 2.08. The summed E-state index contributed by atoms with van der Waals surface area (Å²) < 4.78 is 0. The highest BCUT2D eigenvalue weighted by atomic mass is 32.1. The molecule has 0 radical (unpaired) electrons. The van der Waals surface area contributed by atoms with E-state index in [-0.39, 0.29) is 0 Å². The molecule has 108 valence electrons. The van der Waals surface area contributed by atoms with Crippen molar-refractivity contribution in [1.29, 1.82) is 5.26 Å². The molecule has 4 nitrogen and oxygen atoms in total. The number of nitrogens with one attached hydrogen (secondary N) is 2. The fourth-order valence-corrected chi connectivity index (χ4v) is 2.48. The van der Waals surface area contributed by atoms with Gasteiger partial charge in [0.05, 0.1) is 24.7 Å². The molecule has 0 saturated carbocycles. The lowest BCUT2D eigenvalue weighted by molar-refractivity contribution is 0.823. The normalized spacial score (nSPS) is 11.0. The van der Waals surface area contributed by atoms with Crippen LogP contribution in [0.15, 0.2) is 46.8 Å². The minimum Gasteiger partial charge on any atom is -0.357 e. The summed E-state index contributed by atoms with van der Waals surface area (Å²) in [6, 6.07) is 13.8. The molecule has 0 unspecified atom stereocenters. The van der Waals surface area contributed by atoms with Gasteiger partial charge in [-0.25, -0.2) is 4.99 Å². The Balaban J connectivity index is 1.97. The van der Waals surface area contributed by atoms with Crippen LogP contribution < -0.4 is 10.6 Å². The van der Waals surface area contributed by atoms with Crippen molar-refractivity contribution in [3.8, 4) is 6.07 Å². The molecule has 0 atom stereocenters. The summed E-state index contributed by atoms with van der Waals surface area (Å²) in [7, 11) is 0. The van der Waals surface area contributed by atoms with Gasteiger partial charge in [-0.1, -0.05) is 18.2 Å². The Morgan fingerprint density at radius 3 is 2.90 bits per heavy atom. The predicted molar refractivity (Wildman–Crippen MR) is 87.1 cm³/mol. The van der Waals surface area contributed by atoms with Crippen molar-refractivity contribution in [2.24, 2.45) is 4.99 Å². The van der Waals surface area contributed by atoms with Gasteiger partial charge >= 0.3 is 0 Å². The zero-order chi connectivity index (χ0) is 14.9. The molecule has 1 aromatic carbocycles. The van der Waals surface area contributed by atoms with E-state index in [0.717, 1.165) is 24.6 Å². The molecule has 0 aliphatic rings. The SMILES string of the molecule is CCNC(=NCc1cccc(C#N)c1)NCc1cccs1. The Labute approximate surface area is 129 Å². The molecule has 0 saturated heterocycles. The second-order valence-corrected chi connectivity index (χ2v) is 5.47. The zero-order valence-corrected chi connectivity index (χ0v) is 12.8. The van der Waals surface area contributed by atoms with Crippen LogP contribution in [-0.2, 0) is 13.1 Å². The maximum atomic E-state index is 8.90. The smallest absolute Gasteiger partial charge is 0.191 e. The number of hydrogen-bond donors (Lipinski definition) is 2. The van der Waals surface area contributed by atoms with Crippen LogP contribution in [0, 0.1) is 11.3 Å². The summed E-state index contributed by atoms with van der Waals surface area (Å²) in [5, 5.41) is 17.5. The Kier molecular flexibility index (Phi) is 5.80. The largest absolute Gasteiger partial charge is 0.357 e. The van der Waals surface area contributed by atoms with Crippen molar-refractivity contribution in [2.45, 2.75) is 20.0 Å². The molecule has 1 heterocycles. The van der Waals surface area contributed by atoms with Gasteiger partial charge in [0.1, 0.15) is 0 Å². The van der Waals surface area contributed by atoms with Gasteiger partial charge in [-0.3, -0.25) is 0 Å². The first-order valence-corrected chi connectivity index (χ1v) is 7.73. The van der Waals surface area contributed by atoms with Crippen LogP contribution in [0.1, 0.15) is 22.9 Å². The van der Waals surface area contributed by atoms with Crippen LogP contribution in [0.2, 0.25) is 0 Å². The quantitative estimate of drug-likeness (QED) is 0.659. The molecule has 2 aromatic rings. The molecule has 1 aromatic heterocycles. The second kappa shape index (κ2) is 8.08. The fourth-order valence-electron chi connectivity index (χ4n) is 1.84. The van der Waals surface area contributed by atoms with Gasteiger partial charge in [-0.05, 0) is 36.1 Å². The minimum atomic E-state index is 0.551. The number of guanidine groups is 1. The van der Waals surface area contributed by atoms with Crippen LogP contribution in [0.4, 0.5) is 0 Å². The number of nitriles is 1. The van der Waals surface area contributed by atoms with Crippen LogP contribution in [-0.4, -0.2) is 12.5 Å². The molecule has 2 rings (SSSR count). The topological polar surface area (TPSA) is 60.2 Å². The van der Waals surface area contributed by atoms with E-state index in [1.165, 1.54) is 4.88 Å². The number of aliphatic imine (C=N–C) groups is 1. The molecule has 0 fully saturated rings. The second-order valence-electron chi connectivity index (χ2n) is 4.44. The first-order valence-electron chi connectivity index (χ1n) is 6.85. The maximum Gasteiger partial charge on any atom is 0.191 e. The highest BCUT2D eigenvalue weighted by molar-refractivity contribution is 7.09. The average molecular weight is 298 g/mol. The molecule has 2 N–H and O–H groups in total. The lowest BCUT2D eigenvalue weighted by Crippen LogP contribution is -2.36. The summed E-state index contributed by atoms with van der Waals surface area (Å²) in [5.41, 5.74) is 1.70. The van der Waals surface area contributed by atoms with Crippen molar-refractivity contribution in [2.75, 3.05) is 6.54 Å². The van der Waals surface area contributed by atoms with Crippen molar-refractivity contribution in [1.82, 2.24) is 10.6 Å². The van der Waals surface area contributed by atoms with Gasteiger partial charge in [-0.2, -0.15) is 5.26 Å². The number of benzene rings is 1. The first kappa shape index (κ1) is 15.1. The highest BCUT2D eigenvalue weighted by Gasteiger charge is 2.00. The third-order valence-electron chi connectivity index (χ3n) is 2.83. The monoisotopic (exact) mass is 298 g/mol. The maximum absolute atomic E-state index is 8.90. The van der Waals surface area contributed by atoms with Crippen LogP contribution in [0.3, 0.4) is 0 Å². The van der Waals surface area contributed by atoms with Crippen LogP contribution in [0.25, 0.3) is 0 Å². The zero-order valence-electron chi connectivity index (χ0n) is 12.0. The molecule has 0 bridgehead atoms. The lowest BCUT2D eigenvalue weighted by atomic mass is 10.1. The third kappa shape index (κ3) is 4.93. The van der Waals surface area contributed by atoms with Gasteiger partial charge in [-0.15, -0.1) is 11.3 Å². The third-order valence-corrected chi connectivity index (χ3v) is 3.71. The number of rotatable bonds is 5. The molecule has 0 amide bonds. The van der Waals surface area contributed by atoms with E-state index in [0.29, 0.717) is 12.1 Å². The minimum absolute atomic E-state index is 0.551. The van der Waals surface area contributed by atoms with E-state index in [1.54, 1.807) is 17.4 Å². The molecule has 5 heteroatoms. The summed E-state index contributed by atoms with van der Waals surface area (Å²) in [4.78, 5) is 5.82. The summed E-state index contributed by atoms with van der Waals surface area (Å²) in [5.74, 6) is 0.785. The first-order chi connectivity index (χ1) is 10.3. The molecule has 0 spiro atoms. The number of nitrogens with zero attached hydrogens (tertiary/aromatic N) is 2. The summed E-state index contributed by atoms with van der Waals surface area (Å²) >= 11 is 1.72. The van der Waals surface area contributed by atoms with Gasteiger partial charge < -0.3 is 10.6 Å². The molecule has 0 aliphatic carbocycles. The van der Waals surface area contributed by atoms with E-state index >= 15 is 0 Å². The van der Waals surface area contributed by atoms with Crippen LogP contribution in [0.5, 0.6) is 0 Å². The molecular formula is C16H18N4S. The van der Waals surface area contributed by atoms with Gasteiger partial charge in [0, 0.05) is 11.4 Å². The van der Waals surface area contributed by atoms with Crippen LogP contribution >= 0.6 is 11.3 Å². The standard InChI is InChI=1S/C16H18N4S/c1-2-18-16(20-12-15-7-4-8-21-15)19-11-14-6-3-5-13(9-14)10-17/h3-9H,2,11-12H2,1H3,(H2,18,19,20).